The van der Waals surface area contributed by atoms with Crippen molar-refractivity contribution in [2.45, 2.75) is 45.3 Å². The average molecular weight is 373 g/mol. The number of carbonyl (C=O) groups excluding carboxylic acids is 1. The molecule has 0 aliphatic carbocycles. The third kappa shape index (κ3) is 4.60. The van der Waals surface area contributed by atoms with E-state index in [-0.39, 0.29) is 18.0 Å². The number of hydrogen-bond donors (Lipinski definition) is 1. The summed E-state index contributed by atoms with van der Waals surface area (Å²) >= 11 is 3.33. The molecule has 122 valence electrons. The Balaban J connectivity index is 1.97. The maximum Gasteiger partial charge on any atom is 0.410 e. The van der Waals surface area contributed by atoms with Gasteiger partial charge in [-0.1, -0.05) is 15.9 Å². The number of hydrogen-bond acceptors (Lipinski definition) is 3. The lowest BCUT2D eigenvalue weighted by Gasteiger charge is -2.29. The molecule has 1 fully saturated rings. The molecule has 22 heavy (non-hydrogen) atoms. The maximum atomic E-state index is 13.7. The normalized spacial score (nSPS) is 18.4. The van der Waals surface area contributed by atoms with Gasteiger partial charge in [0.25, 0.3) is 0 Å². The zero-order valence-electron chi connectivity index (χ0n) is 13.2. The van der Waals surface area contributed by atoms with E-state index in [1.54, 1.807) is 17.0 Å². The Morgan fingerprint density at radius 1 is 1.50 bits per heavy atom. The fourth-order valence-electron chi connectivity index (χ4n) is 2.47. The second kappa shape index (κ2) is 6.86. The van der Waals surface area contributed by atoms with Crippen LogP contribution in [0.5, 0.6) is 0 Å². The summed E-state index contributed by atoms with van der Waals surface area (Å²) in [4.78, 5) is 13.9. The van der Waals surface area contributed by atoms with Crippen molar-refractivity contribution in [1.29, 1.82) is 0 Å². The molecule has 6 heteroatoms. The molecule has 1 aliphatic heterocycles. The molecular formula is C16H22BrFN2O2. The Hall–Kier alpha value is -1.30. The van der Waals surface area contributed by atoms with E-state index in [0.29, 0.717) is 18.8 Å². The molecule has 4 nitrogen and oxygen atoms in total. The molecule has 1 aliphatic rings. The van der Waals surface area contributed by atoms with Crippen molar-refractivity contribution < 1.29 is 13.9 Å². The van der Waals surface area contributed by atoms with Gasteiger partial charge in [0, 0.05) is 17.6 Å². The van der Waals surface area contributed by atoms with E-state index >= 15 is 0 Å². The van der Waals surface area contributed by atoms with Crippen LogP contribution in [0, 0.1) is 5.82 Å². The highest BCUT2D eigenvalue weighted by Crippen LogP contribution is 2.23. The van der Waals surface area contributed by atoms with Crippen LogP contribution in [-0.4, -0.2) is 35.7 Å². The van der Waals surface area contributed by atoms with Gasteiger partial charge >= 0.3 is 6.09 Å². The van der Waals surface area contributed by atoms with Crippen LogP contribution in [-0.2, 0) is 4.74 Å². The van der Waals surface area contributed by atoms with E-state index in [1.165, 1.54) is 6.07 Å². The lowest BCUT2D eigenvalue weighted by Crippen LogP contribution is -2.42. The molecule has 0 radical (unpaired) electrons. The van der Waals surface area contributed by atoms with Crippen LogP contribution < -0.4 is 5.32 Å². The smallest absolute Gasteiger partial charge is 0.410 e. The highest BCUT2D eigenvalue weighted by atomic mass is 79.9. The summed E-state index contributed by atoms with van der Waals surface area (Å²) in [7, 11) is 0. The minimum atomic E-state index is -0.506. The highest BCUT2D eigenvalue weighted by Gasteiger charge is 2.32. The molecule has 1 aromatic rings. The first-order valence-electron chi connectivity index (χ1n) is 7.45. The SMILES string of the molecule is CC(C)(C)OC(=O)N1CCCC1CNc1cc(Br)ccc1F. The van der Waals surface area contributed by atoms with Crippen LogP contribution in [0.3, 0.4) is 0 Å². The summed E-state index contributed by atoms with van der Waals surface area (Å²) in [5, 5.41) is 3.09. The standard InChI is InChI=1S/C16H22BrFN2O2/c1-16(2,3)22-15(21)20-8-4-5-12(20)10-19-14-9-11(17)6-7-13(14)18/h6-7,9,12,19H,4-5,8,10H2,1-3H3. The van der Waals surface area contributed by atoms with Gasteiger partial charge in [-0.3, -0.25) is 0 Å². The van der Waals surface area contributed by atoms with E-state index < -0.39 is 5.60 Å². The van der Waals surface area contributed by atoms with Crippen LogP contribution in [0.4, 0.5) is 14.9 Å². The summed E-state index contributed by atoms with van der Waals surface area (Å²) in [6.45, 7) is 6.75. The van der Waals surface area contributed by atoms with E-state index in [4.69, 9.17) is 4.74 Å². The molecule has 1 saturated heterocycles. The summed E-state index contributed by atoms with van der Waals surface area (Å²) in [6, 6.07) is 4.78. The molecule has 0 bridgehead atoms. The lowest BCUT2D eigenvalue weighted by molar-refractivity contribution is 0.0235. The average Bonchev–Trinajstić information content (AvgIpc) is 2.86. The fourth-order valence-corrected chi connectivity index (χ4v) is 2.83. The number of ether oxygens (including phenoxy) is 1. The van der Waals surface area contributed by atoms with Crippen molar-refractivity contribution in [2.24, 2.45) is 0 Å². The number of amides is 1. The number of benzene rings is 1. The molecular weight excluding hydrogens is 351 g/mol. The van der Waals surface area contributed by atoms with Crippen LogP contribution >= 0.6 is 15.9 Å². The van der Waals surface area contributed by atoms with Crippen LogP contribution in [0.15, 0.2) is 22.7 Å². The molecule has 1 atom stereocenters. The van der Waals surface area contributed by atoms with Crippen molar-refractivity contribution in [3.8, 4) is 0 Å². The Morgan fingerprint density at radius 2 is 2.23 bits per heavy atom. The number of halogens is 2. The lowest BCUT2D eigenvalue weighted by atomic mass is 10.2. The first-order valence-corrected chi connectivity index (χ1v) is 8.24. The summed E-state index contributed by atoms with van der Waals surface area (Å²) in [5.74, 6) is -0.301. The minimum absolute atomic E-state index is 0.0215. The third-order valence-electron chi connectivity index (χ3n) is 3.46. The van der Waals surface area contributed by atoms with E-state index in [0.717, 1.165) is 17.3 Å². The van der Waals surface area contributed by atoms with Gasteiger partial charge in [0.15, 0.2) is 0 Å². The van der Waals surface area contributed by atoms with Crippen molar-refractivity contribution >= 4 is 27.7 Å². The quantitative estimate of drug-likeness (QED) is 0.854. The van der Waals surface area contributed by atoms with E-state index in [9.17, 15) is 9.18 Å². The van der Waals surface area contributed by atoms with Crippen LogP contribution in [0.25, 0.3) is 0 Å². The fraction of sp³-hybridized carbons (Fsp3) is 0.562. The molecule has 1 aromatic carbocycles. The van der Waals surface area contributed by atoms with Crippen LogP contribution in [0.1, 0.15) is 33.6 Å². The molecule has 1 heterocycles. The number of carbonyl (C=O) groups is 1. The Morgan fingerprint density at radius 3 is 2.91 bits per heavy atom. The van der Waals surface area contributed by atoms with Gasteiger partial charge in [0.05, 0.1) is 11.7 Å². The van der Waals surface area contributed by atoms with Gasteiger partial charge in [-0.2, -0.15) is 0 Å². The summed E-state index contributed by atoms with van der Waals surface area (Å²) < 4.78 is 20.0. The molecule has 1 amide bonds. The molecule has 1 unspecified atom stereocenters. The molecule has 0 spiro atoms. The summed E-state index contributed by atoms with van der Waals surface area (Å²) in [5.41, 5.74) is -0.0703. The molecule has 1 N–H and O–H groups in total. The monoisotopic (exact) mass is 372 g/mol. The van der Waals surface area contributed by atoms with Crippen molar-refractivity contribution in [2.75, 3.05) is 18.4 Å². The second-order valence-corrected chi connectivity index (χ2v) is 7.39. The van der Waals surface area contributed by atoms with Crippen molar-refractivity contribution in [1.82, 2.24) is 4.90 Å². The number of likely N-dealkylation sites (tertiary alicyclic amines) is 1. The Labute approximate surface area is 139 Å². The predicted octanol–water partition coefficient (Wildman–Crippen LogP) is 4.40. The van der Waals surface area contributed by atoms with Gasteiger partial charge in [0.2, 0.25) is 0 Å². The number of nitrogens with one attached hydrogen (secondary N) is 1. The van der Waals surface area contributed by atoms with Gasteiger partial charge < -0.3 is 15.0 Å². The maximum absolute atomic E-state index is 13.7. The van der Waals surface area contributed by atoms with Crippen LogP contribution in [0.2, 0.25) is 0 Å². The van der Waals surface area contributed by atoms with Gasteiger partial charge in [-0.05, 0) is 51.8 Å². The van der Waals surface area contributed by atoms with Gasteiger partial charge in [-0.25, -0.2) is 9.18 Å². The Kier molecular flexibility index (Phi) is 5.32. The number of nitrogens with zero attached hydrogens (tertiary/aromatic N) is 1. The molecule has 0 aromatic heterocycles. The molecule has 0 saturated carbocycles. The molecule has 2 rings (SSSR count). The van der Waals surface area contributed by atoms with Gasteiger partial charge in [-0.15, -0.1) is 0 Å². The number of anilines is 1. The second-order valence-electron chi connectivity index (χ2n) is 6.47. The zero-order valence-corrected chi connectivity index (χ0v) is 14.7. The summed E-state index contributed by atoms with van der Waals surface area (Å²) in [6.07, 6.45) is 1.53. The highest BCUT2D eigenvalue weighted by molar-refractivity contribution is 9.10. The van der Waals surface area contributed by atoms with Crippen molar-refractivity contribution in [3.63, 3.8) is 0 Å². The first-order chi connectivity index (χ1) is 10.3. The van der Waals surface area contributed by atoms with E-state index in [1.807, 2.05) is 20.8 Å². The minimum Gasteiger partial charge on any atom is -0.444 e. The van der Waals surface area contributed by atoms with E-state index in [2.05, 4.69) is 21.2 Å². The first kappa shape index (κ1) is 17.1. The topological polar surface area (TPSA) is 41.6 Å². The Bertz CT molecular complexity index is 545. The van der Waals surface area contributed by atoms with Gasteiger partial charge in [0.1, 0.15) is 11.4 Å². The zero-order chi connectivity index (χ0) is 16.3. The predicted molar refractivity (Wildman–Crippen MR) is 88.6 cm³/mol. The van der Waals surface area contributed by atoms with Crippen molar-refractivity contribution in [3.05, 3.63) is 28.5 Å². The third-order valence-corrected chi connectivity index (χ3v) is 3.95. The largest absolute Gasteiger partial charge is 0.444 e. The number of rotatable bonds is 3.